The molecule has 2 rings (SSSR count). The molecule has 0 aromatic carbocycles. The van der Waals surface area contributed by atoms with E-state index in [-0.39, 0.29) is 11.6 Å². The number of hydrogen-bond acceptors (Lipinski definition) is 4. The molecular formula is C13H25N3O2. The highest BCUT2D eigenvalue weighted by atomic mass is 16.6. The third kappa shape index (κ3) is 3.14. The van der Waals surface area contributed by atoms with Gasteiger partial charge in [-0.15, -0.1) is 0 Å². The molecule has 2 atom stereocenters. The van der Waals surface area contributed by atoms with Gasteiger partial charge < -0.3 is 20.3 Å². The molecule has 0 aliphatic carbocycles. The fraction of sp³-hybridized carbons (Fsp3) is 0.923. The number of likely N-dealkylation sites (tertiary alicyclic amines) is 1. The Bertz CT molecular complexity index is 327. The second kappa shape index (κ2) is 4.70. The molecule has 2 aliphatic heterocycles. The quantitative estimate of drug-likeness (QED) is 0.676. The second-order valence-corrected chi connectivity index (χ2v) is 6.61. The zero-order valence-electron chi connectivity index (χ0n) is 11.9. The molecule has 0 radical (unpaired) electrons. The number of ether oxygens (including phenoxy) is 1. The van der Waals surface area contributed by atoms with Crippen molar-refractivity contribution in [3.8, 4) is 0 Å². The first-order valence-corrected chi connectivity index (χ1v) is 6.76. The van der Waals surface area contributed by atoms with Gasteiger partial charge in [0.2, 0.25) is 0 Å². The van der Waals surface area contributed by atoms with Gasteiger partial charge in [-0.2, -0.15) is 0 Å². The second-order valence-electron chi connectivity index (χ2n) is 6.61. The van der Waals surface area contributed by atoms with Gasteiger partial charge in [0.1, 0.15) is 5.60 Å². The van der Waals surface area contributed by atoms with Crippen molar-refractivity contribution in [2.45, 2.75) is 51.3 Å². The van der Waals surface area contributed by atoms with Crippen molar-refractivity contribution >= 4 is 6.09 Å². The van der Waals surface area contributed by atoms with E-state index in [1.165, 1.54) is 0 Å². The highest BCUT2D eigenvalue weighted by Crippen LogP contribution is 2.25. The van der Waals surface area contributed by atoms with Crippen molar-refractivity contribution in [3.63, 3.8) is 0 Å². The summed E-state index contributed by atoms with van der Waals surface area (Å²) in [4.78, 5) is 13.8. The molecule has 104 valence electrons. The minimum absolute atomic E-state index is 0.0363. The number of carbonyl (C=O) groups is 1. The molecule has 1 amide bonds. The van der Waals surface area contributed by atoms with E-state index in [1.54, 1.807) is 0 Å². The molecule has 2 heterocycles. The predicted octanol–water partition coefficient (Wildman–Crippen LogP) is 0.947. The number of amides is 1. The van der Waals surface area contributed by atoms with Gasteiger partial charge in [-0.25, -0.2) is 4.79 Å². The van der Waals surface area contributed by atoms with Crippen LogP contribution in [0.2, 0.25) is 0 Å². The van der Waals surface area contributed by atoms with Crippen LogP contribution in [0.1, 0.15) is 34.1 Å². The molecule has 2 saturated heterocycles. The smallest absolute Gasteiger partial charge is 0.410 e. The summed E-state index contributed by atoms with van der Waals surface area (Å²) in [5.74, 6) is 0. The summed E-state index contributed by atoms with van der Waals surface area (Å²) in [6, 6.07) is 0.456. The van der Waals surface area contributed by atoms with Crippen LogP contribution in [0.4, 0.5) is 4.79 Å². The fourth-order valence-electron chi connectivity index (χ4n) is 2.77. The van der Waals surface area contributed by atoms with Crippen LogP contribution >= 0.6 is 0 Å². The summed E-state index contributed by atoms with van der Waals surface area (Å²) in [6.07, 6.45) is 0.795. The van der Waals surface area contributed by atoms with Gasteiger partial charge in [0.15, 0.2) is 0 Å². The van der Waals surface area contributed by atoms with E-state index < -0.39 is 5.60 Å². The first-order valence-electron chi connectivity index (χ1n) is 6.76. The maximum atomic E-state index is 12.0. The Hall–Kier alpha value is -0.810. The molecule has 0 bridgehead atoms. The van der Waals surface area contributed by atoms with E-state index in [1.807, 2.05) is 25.7 Å². The van der Waals surface area contributed by atoms with Crippen LogP contribution in [0, 0.1) is 0 Å². The third-order valence-electron chi connectivity index (χ3n) is 3.47. The van der Waals surface area contributed by atoms with Crippen molar-refractivity contribution in [2.24, 2.45) is 0 Å². The maximum Gasteiger partial charge on any atom is 0.410 e. The topological polar surface area (TPSA) is 53.6 Å². The Balaban J connectivity index is 1.93. The van der Waals surface area contributed by atoms with Crippen LogP contribution < -0.4 is 10.6 Å². The molecule has 2 N–H and O–H groups in total. The summed E-state index contributed by atoms with van der Waals surface area (Å²) in [7, 11) is 0. The number of carbonyl (C=O) groups excluding carboxylic acids is 1. The number of hydrogen-bond donors (Lipinski definition) is 2. The molecule has 18 heavy (non-hydrogen) atoms. The summed E-state index contributed by atoms with van der Waals surface area (Å²) < 4.78 is 5.42. The first-order chi connectivity index (χ1) is 8.30. The van der Waals surface area contributed by atoms with Crippen LogP contribution in [0.25, 0.3) is 0 Å². The van der Waals surface area contributed by atoms with Gasteiger partial charge in [0.05, 0.1) is 5.54 Å². The van der Waals surface area contributed by atoms with Crippen molar-refractivity contribution < 1.29 is 9.53 Å². The van der Waals surface area contributed by atoms with Crippen molar-refractivity contribution in [2.75, 3.05) is 26.2 Å². The number of nitrogens with one attached hydrogen (secondary N) is 2. The molecule has 2 fully saturated rings. The highest BCUT2D eigenvalue weighted by Gasteiger charge is 2.43. The van der Waals surface area contributed by atoms with Crippen LogP contribution in [-0.2, 0) is 4.74 Å². The molecular weight excluding hydrogens is 230 g/mol. The summed E-state index contributed by atoms with van der Waals surface area (Å²) >= 11 is 0. The molecule has 2 aliphatic rings. The Morgan fingerprint density at radius 3 is 2.78 bits per heavy atom. The average Bonchev–Trinajstić information content (AvgIpc) is 2.59. The van der Waals surface area contributed by atoms with Gasteiger partial charge in [-0.1, -0.05) is 0 Å². The molecule has 5 heteroatoms. The Kier molecular flexibility index (Phi) is 3.56. The lowest BCUT2D eigenvalue weighted by atomic mass is 9.95. The van der Waals surface area contributed by atoms with E-state index in [4.69, 9.17) is 4.74 Å². The molecule has 5 nitrogen and oxygen atoms in total. The van der Waals surface area contributed by atoms with Gasteiger partial charge >= 0.3 is 6.09 Å². The van der Waals surface area contributed by atoms with Crippen LogP contribution in [0.15, 0.2) is 0 Å². The predicted molar refractivity (Wildman–Crippen MR) is 70.6 cm³/mol. The van der Waals surface area contributed by atoms with Gasteiger partial charge in [-0.3, -0.25) is 0 Å². The Morgan fingerprint density at radius 2 is 2.17 bits per heavy atom. The monoisotopic (exact) mass is 255 g/mol. The fourth-order valence-corrected chi connectivity index (χ4v) is 2.77. The Morgan fingerprint density at radius 1 is 1.44 bits per heavy atom. The van der Waals surface area contributed by atoms with Gasteiger partial charge in [0, 0.05) is 32.2 Å². The summed E-state index contributed by atoms with van der Waals surface area (Å²) in [5.41, 5.74) is -0.382. The molecule has 0 aromatic rings. The van der Waals surface area contributed by atoms with E-state index in [0.29, 0.717) is 6.04 Å². The van der Waals surface area contributed by atoms with Crippen LogP contribution in [-0.4, -0.2) is 54.4 Å². The molecule has 2 unspecified atom stereocenters. The van der Waals surface area contributed by atoms with E-state index in [2.05, 4.69) is 17.6 Å². The number of rotatable bonds is 0. The minimum atomic E-state index is -0.418. The third-order valence-corrected chi connectivity index (χ3v) is 3.47. The average molecular weight is 255 g/mol. The van der Waals surface area contributed by atoms with Crippen molar-refractivity contribution in [1.29, 1.82) is 0 Å². The highest BCUT2D eigenvalue weighted by molar-refractivity contribution is 5.68. The zero-order chi connectivity index (χ0) is 13.4. The van der Waals surface area contributed by atoms with Crippen molar-refractivity contribution in [1.82, 2.24) is 15.5 Å². The standard InChI is InChI=1S/C13H25N3O2/c1-10-7-14-8-13(15-10)5-6-16(9-13)11(17)18-12(2,3)4/h10,14-15H,5-9H2,1-4H3. The minimum Gasteiger partial charge on any atom is -0.444 e. The summed E-state index contributed by atoms with van der Waals surface area (Å²) in [6.45, 7) is 11.3. The lowest BCUT2D eigenvalue weighted by Crippen LogP contribution is -2.64. The number of nitrogens with zero attached hydrogens (tertiary/aromatic N) is 1. The van der Waals surface area contributed by atoms with Crippen molar-refractivity contribution in [3.05, 3.63) is 0 Å². The lowest BCUT2D eigenvalue weighted by Gasteiger charge is -2.39. The first kappa shape index (κ1) is 13.6. The Labute approximate surface area is 109 Å². The normalized spacial score (nSPS) is 32.9. The zero-order valence-corrected chi connectivity index (χ0v) is 11.9. The molecule has 1 spiro atoms. The molecule has 0 aromatic heterocycles. The number of piperazine rings is 1. The van der Waals surface area contributed by atoms with E-state index >= 15 is 0 Å². The van der Waals surface area contributed by atoms with Gasteiger partial charge in [0.25, 0.3) is 0 Å². The summed E-state index contributed by atoms with van der Waals surface area (Å²) in [5, 5.41) is 7.06. The van der Waals surface area contributed by atoms with E-state index in [0.717, 1.165) is 32.6 Å². The largest absolute Gasteiger partial charge is 0.444 e. The molecule has 0 saturated carbocycles. The van der Waals surface area contributed by atoms with Crippen LogP contribution in [0.3, 0.4) is 0 Å². The van der Waals surface area contributed by atoms with Gasteiger partial charge in [-0.05, 0) is 34.1 Å². The lowest BCUT2D eigenvalue weighted by molar-refractivity contribution is 0.0276. The SMILES string of the molecule is CC1CNCC2(CCN(C(=O)OC(C)(C)C)C2)N1. The maximum absolute atomic E-state index is 12.0. The van der Waals surface area contributed by atoms with Crippen LogP contribution in [0.5, 0.6) is 0 Å². The van der Waals surface area contributed by atoms with E-state index in [9.17, 15) is 4.79 Å².